The third-order valence-corrected chi connectivity index (χ3v) is 4.28. The van der Waals surface area contributed by atoms with Crippen molar-refractivity contribution in [2.75, 3.05) is 16.8 Å². The zero-order valence-electron chi connectivity index (χ0n) is 11.0. The third-order valence-electron chi connectivity index (χ3n) is 4.28. The highest BCUT2D eigenvalue weighted by Crippen LogP contribution is 2.33. The molecule has 2 aromatic rings. The molecule has 96 valence electrons. The summed E-state index contributed by atoms with van der Waals surface area (Å²) in [7, 11) is 0. The molecule has 2 aliphatic rings. The molecule has 0 spiro atoms. The fourth-order valence-electron chi connectivity index (χ4n) is 3.35. The second-order valence-corrected chi connectivity index (χ2v) is 5.45. The second kappa shape index (κ2) is 4.30. The summed E-state index contributed by atoms with van der Waals surface area (Å²) >= 11 is 0. The Morgan fingerprint density at radius 2 is 1.74 bits per heavy atom. The Morgan fingerprint density at radius 1 is 0.947 bits per heavy atom. The highest BCUT2D eigenvalue weighted by atomic mass is 15.3. The summed E-state index contributed by atoms with van der Waals surface area (Å²) in [5.41, 5.74) is 5.65. The Kier molecular flexibility index (Phi) is 2.47. The fraction of sp³-hybridized carbons (Fsp3) is 0.294. The van der Waals surface area contributed by atoms with Crippen molar-refractivity contribution in [1.82, 2.24) is 0 Å². The zero-order valence-corrected chi connectivity index (χ0v) is 11.0. The summed E-state index contributed by atoms with van der Waals surface area (Å²) in [5, 5.41) is 3.67. The zero-order chi connectivity index (χ0) is 12.7. The first-order valence-corrected chi connectivity index (χ1v) is 7.11. The standard InChI is InChI=1S/C17H18N2/c1-3-9-15-14(7-1)12-17(18-15)19-11-5-8-13-6-2-4-10-16(13)19/h1-4,6-7,9-10,17-18H,5,8,11-12H2. The van der Waals surface area contributed by atoms with Gasteiger partial charge in [-0.15, -0.1) is 0 Å². The topological polar surface area (TPSA) is 15.3 Å². The van der Waals surface area contributed by atoms with E-state index in [1.165, 1.54) is 35.3 Å². The molecule has 0 saturated carbocycles. The summed E-state index contributed by atoms with van der Waals surface area (Å²) in [6, 6.07) is 17.5. The normalized spacial score (nSPS) is 20.6. The minimum absolute atomic E-state index is 0.416. The molecule has 2 aliphatic heterocycles. The lowest BCUT2D eigenvalue weighted by atomic mass is 10.0. The highest BCUT2D eigenvalue weighted by Gasteiger charge is 2.28. The summed E-state index contributed by atoms with van der Waals surface area (Å²) in [4.78, 5) is 2.54. The average molecular weight is 250 g/mol. The van der Waals surface area contributed by atoms with Crippen LogP contribution in [-0.4, -0.2) is 12.7 Å². The smallest absolute Gasteiger partial charge is 0.103 e. The Bertz CT molecular complexity index is 581. The van der Waals surface area contributed by atoms with Gasteiger partial charge in [0.2, 0.25) is 0 Å². The van der Waals surface area contributed by atoms with Gasteiger partial charge in [-0.2, -0.15) is 0 Å². The van der Waals surface area contributed by atoms with Crippen LogP contribution in [0.1, 0.15) is 17.5 Å². The number of aryl methyl sites for hydroxylation is 1. The number of fused-ring (bicyclic) bond motifs is 2. The van der Waals surface area contributed by atoms with Gasteiger partial charge in [-0.1, -0.05) is 36.4 Å². The molecule has 0 fully saturated rings. The van der Waals surface area contributed by atoms with Crippen molar-refractivity contribution < 1.29 is 0 Å². The number of para-hydroxylation sites is 2. The van der Waals surface area contributed by atoms with Crippen LogP contribution < -0.4 is 10.2 Å². The summed E-state index contributed by atoms with van der Waals surface area (Å²) < 4.78 is 0. The maximum Gasteiger partial charge on any atom is 0.103 e. The van der Waals surface area contributed by atoms with Crippen LogP contribution in [0.3, 0.4) is 0 Å². The van der Waals surface area contributed by atoms with Crippen molar-refractivity contribution >= 4 is 11.4 Å². The van der Waals surface area contributed by atoms with Gasteiger partial charge in [-0.25, -0.2) is 0 Å². The molecule has 19 heavy (non-hydrogen) atoms. The van der Waals surface area contributed by atoms with Gasteiger partial charge in [0, 0.05) is 24.3 Å². The monoisotopic (exact) mass is 250 g/mol. The average Bonchev–Trinajstić information content (AvgIpc) is 2.90. The number of nitrogens with one attached hydrogen (secondary N) is 1. The Hall–Kier alpha value is -1.96. The van der Waals surface area contributed by atoms with Crippen molar-refractivity contribution in [2.24, 2.45) is 0 Å². The number of rotatable bonds is 1. The molecule has 2 heteroatoms. The van der Waals surface area contributed by atoms with Gasteiger partial charge in [-0.05, 0) is 36.1 Å². The summed E-state index contributed by atoms with van der Waals surface area (Å²) in [5.74, 6) is 0. The Labute approximate surface area is 114 Å². The quantitative estimate of drug-likeness (QED) is 0.834. The van der Waals surface area contributed by atoms with Crippen LogP contribution in [-0.2, 0) is 12.8 Å². The molecule has 0 aliphatic carbocycles. The predicted molar refractivity (Wildman–Crippen MR) is 79.7 cm³/mol. The van der Waals surface area contributed by atoms with E-state index in [0.717, 1.165) is 13.0 Å². The van der Waals surface area contributed by atoms with Gasteiger partial charge in [0.25, 0.3) is 0 Å². The molecule has 1 N–H and O–H groups in total. The largest absolute Gasteiger partial charge is 0.365 e. The SMILES string of the molecule is c1ccc2c(c1)CC(N1CCCc3ccccc31)N2. The van der Waals surface area contributed by atoms with Crippen molar-refractivity contribution in [1.29, 1.82) is 0 Å². The predicted octanol–water partition coefficient (Wildman–Crippen LogP) is 3.43. The van der Waals surface area contributed by atoms with Crippen LogP contribution in [0.25, 0.3) is 0 Å². The van der Waals surface area contributed by atoms with Crippen LogP contribution in [0.2, 0.25) is 0 Å². The number of benzene rings is 2. The number of hydrogen-bond acceptors (Lipinski definition) is 2. The van der Waals surface area contributed by atoms with Crippen molar-refractivity contribution in [3.8, 4) is 0 Å². The van der Waals surface area contributed by atoms with Crippen molar-refractivity contribution in [3.05, 3.63) is 59.7 Å². The van der Waals surface area contributed by atoms with Gasteiger partial charge in [0.05, 0.1) is 0 Å². The third kappa shape index (κ3) is 1.79. The van der Waals surface area contributed by atoms with E-state index in [4.69, 9.17) is 0 Å². The van der Waals surface area contributed by atoms with Crippen LogP contribution >= 0.6 is 0 Å². The molecule has 2 heterocycles. The lowest BCUT2D eigenvalue weighted by molar-refractivity contribution is 0.615. The molecule has 0 amide bonds. The molecular formula is C17H18N2. The minimum Gasteiger partial charge on any atom is -0.365 e. The highest BCUT2D eigenvalue weighted by molar-refractivity contribution is 5.63. The van der Waals surface area contributed by atoms with E-state index in [-0.39, 0.29) is 0 Å². The number of anilines is 2. The van der Waals surface area contributed by atoms with Gasteiger partial charge in [0.15, 0.2) is 0 Å². The molecule has 0 saturated heterocycles. The van der Waals surface area contributed by atoms with Gasteiger partial charge >= 0.3 is 0 Å². The van der Waals surface area contributed by atoms with Crippen LogP contribution in [0.5, 0.6) is 0 Å². The van der Waals surface area contributed by atoms with E-state index in [1.807, 2.05) is 0 Å². The van der Waals surface area contributed by atoms with Crippen LogP contribution in [0.4, 0.5) is 11.4 Å². The van der Waals surface area contributed by atoms with Gasteiger partial charge in [0.1, 0.15) is 6.17 Å². The van der Waals surface area contributed by atoms with Crippen LogP contribution in [0.15, 0.2) is 48.5 Å². The Balaban J connectivity index is 1.66. The minimum atomic E-state index is 0.416. The summed E-state index contributed by atoms with van der Waals surface area (Å²) in [6.45, 7) is 1.16. The summed E-state index contributed by atoms with van der Waals surface area (Å²) in [6.07, 6.45) is 3.99. The van der Waals surface area contributed by atoms with Crippen molar-refractivity contribution in [3.63, 3.8) is 0 Å². The van der Waals surface area contributed by atoms with Gasteiger partial charge < -0.3 is 10.2 Å². The lowest BCUT2D eigenvalue weighted by Gasteiger charge is -2.36. The first kappa shape index (κ1) is 10.9. The second-order valence-electron chi connectivity index (χ2n) is 5.45. The van der Waals surface area contributed by atoms with E-state index < -0.39 is 0 Å². The maximum absolute atomic E-state index is 3.67. The number of hydrogen-bond donors (Lipinski definition) is 1. The first-order valence-electron chi connectivity index (χ1n) is 7.11. The van der Waals surface area contributed by atoms with Gasteiger partial charge in [-0.3, -0.25) is 0 Å². The molecular weight excluding hydrogens is 232 g/mol. The molecule has 2 nitrogen and oxygen atoms in total. The molecule has 2 aromatic carbocycles. The van der Waals surface area contributed by atoms with Crippen molar-refractivity contribution in [2.45, 2.75) is 25.4 Å². The van der Waals surface area contributed by atoms with E-state index in [2.05, 4.69) is 58.7 Å². The molecule has 4 rings (SSSR count). The first-order chi connectivity index (χ1) is 9.42. The van der Waals surface area contributed by atoms with Crippen LogP contribution in [0, 0.1) is 0 Å². The Morgan fingerprint density at radius 3 is 2.63 bits per heavy atom. The molecule has 0 aromatic heterocycles. The number of nitrogens with zero attached hydrogens (tertiary/aromatic N) is 1. The molecule has 1 atom stereocenters. The lowest BCUT2D eigenvalue weighted by Crippen LogP contribution is -2.42. The molecule has 0 radical (unpaired) electrons. The maximum atomic E-state index is 3.67. The molecule has 0 bridgehead atoms. The van der Waals surface area contributed by atoms with E-state index >= 15 is 0 Å². The van der Waals surface area contributed by atoms with E-state index in [1.54, 1.807) is 0 Å². The van der Waals surface area contributed by atoms with E-state index in [0.29, 0.717) is 6.17 Å². The molecule has 1 unspecified atom stereocenters. The van der Waals surface area contributed by atoms with E-state index in [9.17, 15) is 0 Å². The fourth-order valence-corrected chi connectivity index (χ4v) is 3.35.